The number of aromatic nitrogens is 2. The van der Waals surface area contributed by atoms with E-state index >= 15 is 0 Å². The molecule has 0 spiro atoms. The largest absolute Gasteiger partial charge is 0.326 e. The lowest BCUT2D eigenvalue weighted by Crippen LogP contribution is -2.24. The van der Waals surface area contributed by atoms with Gasteiger partial charge < -0.3 is 9.88 Å². The summed E-state index contributed by atoms with van der Waals surface area (Å²) in [6.45, 7) is 6.55. The third-order valence-corrected chi connectivity index (χ3v) is 3.90. The summed E-state index contributed by atoms with van der Waals surface area (Å²) in [6.07, 6.45) is 6.44. The summed E-state index contributed by atoms with van der Waals surface area (Å²) in [5, 5.41) is 5.60. The second-order valence-corrected chi connectivity index (χ2v) is 5.49. The molecule has 2 aromatic heterocycles. The Morgan fingerprint density at radius 1 is 1.50 bits per heavy atom. The molecule has 3 nitrogen and oxygen atoms in total. The second-order valence-electron chi connectivity index (χ2n) is 4.54. The van der Waals surface area contributed by atoms with Crippen molar-refractivity contribution >= 4 is 11.3 Å². The highest BCUT2D eigenvalue weighted by Gasteiger charge is 2.11. The predicted octanol–water partition coefficient (Wildman–Crippen LogP) is 3.56. The lowest BCUT2D eigenvalue weighted by atomic mass is 10.3. The normalized spacial score (nSPS) is 12.8. The molecule has 0 aliphatic carbocycles. The fourth-order valence-corrected chi connectivity index (χ4v) is 2.70. The van der Waals surface area contributed by atoms with Gasteiger partial charge in [-0.3, -0.25) is 0 Å². The van der Waals surface area contributed by atoms with E-state index in [9.17, 15) is 0 Å². The summed E-state index contributed by atoms with van der Waals surface area (Å²) in [6, 6.07) is 4.63. The Bertz CT molecular complexity index is 447. The van der Waals surface area contributed by atoms with Crippen LogP contribution in [0.4, 0.5) is 0 Å². The summed E-state index contributed by atoms with van der Waals surface area (Å²) >= 11 is 1.74. The van der Waals surface area contributed by atoms with Gasteiger partial charge in [0, 0.05) is 25.0 Å². The van der Waals surface area contributed by atoms with E-state index in [2.05, 4.69) is 52.4 Å². The van der Waals surface area contributed by atoms with Crippen molar-refractivity contribution in [2.45, 2.75) is 32.7 Å². The zero-order valence-corrected chi connectivity index (χ0v) is 11.9. The van der Waals surface area contributed by atoms with E-state index in [1.165, 1.54) is 17.7 Å². The molecule has 18 heavy (non-hydrogen) atoms. The summed E-state index contributed by atoms with van der Waals surface area (Å²) < 4.78 is 2.25. The van der Waals surface area contributed by atoms with Crippen LogP contribution in [0, 0.1) is 0 Å². The molecular weight excluding hydrogens is 242 g/mol. The first-order valence-corrected chi connectivity index (χ1v) is 7.48. The van der Waals surface area contributed by atoms with Crippen molar-refractivity contribution in [1.82, 2.24) is 14.9 Å². The third-order valence-electron chi connectivity index (χ3n) is 3.03. The Hall–Kier alpha value is -1.13. The number of rotatable bonds is 7. The first kappa shape index (κ1) is 13.3. The first-order chi connectivity index (χ1) is 8.83. The van der Waals surface area contributed by atoms with Crippen molar-refractivity contribution in [3.63, 3.8) is 0 Å². The van der Waals surface area contributed by atoms with Crippen molar-refractivity contribution in [3.8, 4) is 10.7 Å². The monoisotopic (exact) mass is 263 g/mol. The number of unbranched alkanes of at least 4 members (excludes halogenated alkanes) is 1. The predicted molar refractivity (Wildman–Crippen MR) is 78.0 cm³/mol. The fourth-order valence-electron chi connectivity index (χ4n) is 1.98. The third kappa shape index (κ3) is 3.21. The van der Waals surface area contributed by atoms with Crippen LogP contribution in [0.1, 0.15) is 32.7 Å². The highest BCUT2D eigenvalue weighted by atomic mass is 32.1. The SMILES string of the molecule is CCCCNCC(C)n1ccnc1-c1cccs1. The topological polar surface area (TPSA) is 29.9 Å². The van der Waals surface area contributed by atoms with E-state index in [1.54, 1.807) is 11.3 Å². The zero-order valence-electron chi connectivity index (χ0n) is 11.1. The van der Waals surface area contributed by atoms with Crippen LogP contribution in [0.5, 0.6) is 0 Å². The molecule has 0 aliphatic rings. The number of hydrogen-bond donors (Lipinski definition) is 1. The van der Waals surface area contributed by atoms with Crippen LogP contribution in [-0.2, 0) is 0 Å². The Kier molecular flexibility index (Phi) is 4.96. The molecule has 0 saturated heterocycles. The zero-order chi connectivity index (χ0) is 12.8. The summed E-state index contributed by atoms with van der Waals surface area (Å²) in [5.74, 6) is 1.08. The van der Waals surface area contributed by atoms with Gasteiger partial charge in [-0.25, -0.2) is 4.98 Å². The Labute approximate surface area is 113 Å². The molecule has 0 radical (unpaired) electrons. The fraction of sp³-hybridized carbons (Fsp3) is 0.500. The Balaban J connectivity index is 1.98. The van der Waals surface area contributed by atoms with E-state index in [-0.39, 0.29) is 0 Å². The van der Waals surface area contributed by atoms with Gasteiger partial charge in [-0.2, -0.15) is 0 Å². The molecule has 0 aliphatic heterocycles. The van der Waals surface area contributed by atoms with E-state index in [0.29, 0.717) is 6.04 Å². The summed E-state index contributed by atoms with van der Waals surface area (Å²) in [5.41, 5.74) is 0. The van der Waals surface area contributed by atoms with E-state index < -0.39 is 0 Å². The van der Waals surface area contributed by atoms with E-state index in [0.717, 1.165) is 18.9 Å². The van der Waals surface area contributed by atoms with Crippen molar-refractivity contribution in [3.05, 3.63) is 29.9 Å². The smallest absolute Gasteiger partial charge is 0.150 e. The number of hydrogen-bond acceptors (Lipinski definition) is 3. The molecular formula is C14H21N3S. The molecule has 0 amide bonds. The molecule has 98 valence electrons. The van der Waals surface area contributed by atoms with Crippen LogP contribution in [0.15, 0.2) is 29.9 Å². The van der Waals surface area contributed by atoms with Gasteiger partial charge in [-0.1, -0.05) is 19.4 Å². The van der Waals surface area contributed by atoms with Crippen molar-refractivity contribution in [1.29, 1.82) is 0 Å². The highest BCUT2D eigenvalue weighted by Crippen LogP contribution is 2.25. The summed E-state index contributed by atoms with van der Waals surface area (Å²) in [4.78, 5) is 5.71. The van der Waals surface area contributed by atoms with Crippen LogP contribution >= 0.6 is 11.3 Å². The van der Waals surface area contributed by atoms with Crippen LogP contribution in [0.2, 0.25) is 0 Å². The molecule has 2 aromatic rings. The molecule has 0 saturated carbocycles. The summed E-state index contributed by atoms with van der Waals surface area (Å²) in [7, 11) is 0. The number of thiophene rings is 1. The van der Waals surface area contributed by atoms with Gasteiger partial charge in [-0.05, 0) is 31.3 Å². The molecule has 1 unspecified atom stereocenters. The van der Waals surface area contributed by atoms with Gasteiger partial charge in [-0.15, -0.1) is 11.3 Å². The number of imidazole rings is 1. The average Bonchev–Trinajstić information content (AvgIpc) is 3.02. The van der Waals surface area contributed by atoms with Gasteiger partial charge in [0.05, 0.1) is 4.88 Å². The molecule has 2 heterocycles. The number of nitrogens with one attached hydrogen (secondary N) is 1. The van der Waals surface area contributed by atoms with Gasteiger partial charge in [0.2, 0.25) is 0 Å². The minimum absolute atomic E-state index is 0.432. The lowest BCUT2D eigenvalue weighted by molar-refractivity contribution is 0.492. The van der Waals surface area contributed by atoms with Crippen molar-refractivity contribution < 1.29 is 0 Å². The lowest BCUT2D eigenvalue weighted by Gasteiger charge is -2.16. The van der Waals surface area contributed by atoms with E-state index in [1.807, 2.05) is 6.20 Å². The maximum absolute atomic E-state index is 4.47. The van der Waals surface area contributed by atoms with Gasteiger partial charge in [0.25, 0.3) is 0 Å². The molecule has 4 heteroatoms. The maximum Gasteiger partial charge on any atom is 0.150 e. The molecule has 0 aromatic carbocycles. The maximum atomic E-state index is 4.47. The van der Waals surface area contributed by atoms with Crippen LogP contribution in [0.3, 0.4) is 0 Å². The molecule has 2 rings (SSSR count). The molecule has 0 bridgehead atoms. The van der Waals surface area contributed by atoms with Gasteiger partial charge in [0.15, 0.2) is 0 Å². The standard InChI is InChI=1S/C14H21N3S/c1-3-4-7-15-11-12(2)17-9-8-16-14(17)13-6-5-10-18-13/h5-6,8-10,12,15H,3-4,7,11H2,1-2H3. The van der Waals surface area contributed by atoms with Crippen LogP contribution in [0.25, 0.3) is 10.7 Å². The molecule has 0 fully saturated rings. The Morgan fingerprint density at radius 2 is 2.39 bits per heavy atom. The number of nitrogens with zero attached hydrogens (tertiary/aromatic N) is 2. The molecule has 1 N–H and O–H groups in total. The van der Waals surface area contributed by atoms with Gasteiger partial charge in [0.1, 0.15) is 5.82 Å². The van der Waals surface area contributed by atoms with E-state index in [4.69, 9.17) is 0 Å². The molecule has 1 atom stereocenters. The van der Waals surface area contributed by atoms with Crippen LogP contribution in [-0.4, -0.2) is 22.6 Å². The van der Waals surface area contributed by atoms with Crippen molar-refractivity contribution in [2.75, 3.05) is 13.1 Å². The average molecular weight is 263 g/mol. The Morgan fingerprint density at radius 3 is 3.11 bits per heavy atom. The highest BCUT2D eigenvalue weighted by molar-refractivity contribution is 7.13. The minimum atomic E-state index is 0.432. The van der Waals surface area contributed by atoms with Crippen LogP contribution < -0.4 is 5.32 Å². The van der Waals surface area contributed by atoms with Gasteiger partial charge >= 0.3 is 0 Å². The van der Waals surface area contributed by atoms with Crippen molar-refractivity contribution in [2.24, 2.45) is 0 Å². The second kappa shape index (κ2) is 6.71. The minimum Gasteiger partial charge on any atom is -0.326 e. The first-order valence-electron chi connectivity index (χ1n) is 6.60. The quantitative estimate of drug-likeness (QED) is 0.774.